The maximum absolute atomic E-state index is 13.4. The number of nitrogens with zero attached hydrogens (tertiary/aromatic N) is 1. The molecular formula is C10H11Cl2FN2O3S. The topological polar surface area (TPSA) is 72.6 Å². The first-order chi connectivity index (χ1) is 8.79. The molecule has 1 fully saturated rings. The summed E-state index contributed by atoms with van der Waals surface area (Å²) < 4.78 is 42.5. The van der Waals surface area contributed by atoms with Crippen LogP contribution in [0, 0.1) is 5.82 Å². The Kier molecular flexibility index (Phi) is 4.34. The van der Waals surface area contributed by atoms with Crippen molar-refractivity contribution in [2.75, 3.05) is 19.7 Å². The van der Waals surface area contributed by atoms with Gasteiger partial charge in [-0.05, 0) is 12.1 Å². The molecule has 1 atom stereocenters. The van der Waals surface area contributed by atoms with Gasteiger partial charge in [0.2, 0.25) is 0 Å². The maximum atomic E-state index is 13.4. The Morgan fingerprint density at radius 1 is 1.37 bits per heavy atom. The van der Waals surface area contributed by atoms with Crippen LogP contribution in [0.15, 0.2) is 12.1 Å². The molecule has 1 aromatic rings. The summed E-state index contributed by atoms with van der Waals surface area (Å²) in [6.07, 6.45) is -0.675. The van der Waals surface area contributed by atoms with Crippen LogP contribution in [0.3, 0.4) is 0 Å². The van der Waals surface area contributed by atoms with E-state index in [4.69, 9.17) is 33.1 Å². The van der Waals surface area contributed by atoms with E-state index in [0.29, 0.717) is 5.56 Å². The molecule has 1 aliphatic heterocycles. The monoisotopic (exact) mass is 328 g/mol. The van der Waals surface area contributed by atoms with Crippen LogP contribution in [0.2, 0.25) is 10.0 Å². The second-order valence-corrected chi connectivity index (χ2v) is 6.41. The molecule has 19 heavy (non-hydrogen) atoms. The summed E-state index contributed by atoms with van der Waals surface area (Å²) >= 11 is 11.6. The lowest BCUT2D eigenvalue weighted by molar-refractivity contribution is -0.00263. The highest BCUT2D eigenvalue weighted by Gasteiger charge is 2.29. The van der Waals surface area contributed by atoms with E-state index in [-0.39, 0.29) is 29.7 Å². The van der Waals surface area contributed by atoms with Gasteiger partial charge in [0.1, 0.15) is 5.82 Å². The van der Waals surface area contributed by atoms with E-state index in [1.54, 1.807) is 0 Å². The largest absolute Gasteiger partial charge is 0.371 e. The maximum Gasteiger partial charge on any atom is 0.277 e. The Balaban J connectivity index is 2.30. The zero-order valence-electron chi connectivity index (χ0n) is 9.64. The van der Waals surface area contributed by atoms with Gasteiger partial charge in [-0.25, -0.2) is 9.53 Å². The average Bonchev–Trinajstić information content (AvgIpc) is 2.33. The number of hydrogen-bond acceptors (Lipinski definition) is 3. The minimum atomic E-state index is -3.81. The molecule has 1 aliphatic rings. The molecule has 5 nitrogen and oxygen atoms in total. The number of morpholine rings is 1. The van der Waals surface area contributed by atoms with Crippen molar-refractivity contribution in [1.29, 1.82) is 0 Å². The fourth-order valence-corrected chi connectivity index (χ4v) is 3.01. The van der Waals surface area contributed by atoms with Crippen LogP contribution in [-0.2, 0) is 14.9 Å². The molecule has 106 valence electrons. The van der Waals surface area contributed by atoms with Gasteiger partial charge in [-0.2, -0.15) is 12.7 Å². The summed E-state index contributed by atoms with van der Waals surface area (Å²) in [5.41, 5.74) is 0.344. The van der Waals surface area contributed by atoms with Crippen molar-refractivity contribution >= 4 is 33.4 Å². The van der Waals surface area contributed by atoms with Gasteiger partial charge in [0.05, 0.1) is 17.7 Å². The Bertz CT molecular complexity index is 597. The van der Waals surface area contributed by atoms with Crippen molar-refractivity contribution in [3.63, 3.8) is 0 Å². The molecular weight excluding hydrogens is 318 g/mol. The molecule has 0 bridgehead atoms. The summed E-state index contributed by atoms with van der Waals surface area (Å²) in [6, 6.07) is 2.40. The minimum absolute atomic E-state index is 0.0143. The van der Waals surface area contributed by atoms with Crippen LogP contribution in [-0.4, -0.2) is 32.4 Å². The third-order valence-electron chi connectivity index (χ3n) is 2.78. The average molecular weight is 329 g/mol. The Morgan fingerprint density at radius 2 is 2.05 bits per heavy atom. The summed E-state index contributed by atoms with van der Waals surface area (Å²) in [5, 5.41) is 5.17. The smallest absolute Gasteiger partial charge is 0.277 e. The highest BCUT2D eigenvalue weighted by Crippen LogP contribution is 2.32. The number of nitrogens with two attached hydrogens (primary N) is 1. The van der Waals surface area contributed by atoms with Crippen LogP contribution in [0.1, 0.15) is 11.7 Å². The molecule has 1 aromatic carbocycles. The van der Waals surface area contributed by atoms with E-state index in [1.807, 2.05) is 0 Å². The summed E-state index contributed by atoms with van der Waals surface area (Å²) in [4.78, 5) is 0. The molecule has 1 saturated heterocycles. The lowest BCUT2D eigenvalue weighted by Gasteiger charge is -2.31. The van der Waals surface area contributed by atoms with Crippen molar-refractivity contribution < 1.29 is 17.5 Å². The van der Waals surface area contributed by atoms with Gasteiger partial charge in [-0.15, -0.1) is 0 Å². The Hall–Kier alpha value is -0.440. The zero-order valence-corrected chi connectivity index (χ0v) is 12.0. The van der Waals surface area contributed by atoms with Crippen LogP contribution in [0.25, 0.3) is 0 Å². The van der Waals surface area contributed by atoms with E-state index in [2.05, 4.69) is 0 Å². The molecule has 9 heteroatoms. The van der Waals surface area contributed by atoms with Crippen molar-refractivity contribution in [2.45, 2.75) is 6.10 Å². The Labute approximate surface area is 120 Å². The lowest BCUT2D eigenvalue weighted by Crippen LogP contribution is -2.45. The number of hydrogen-bond donors (Lipinski definition) is 1. The number of ether oxygens (including phenoxy) is 1. The van der Waals surface area contributed by atoms with E-state index in [9.17, 15) is 12.8 Å². The zero-order chi connectivity index (χ0) is 14.2. The molecule has 0 spiro atoms. The van der Waals surface area contributed by atoms with E-state index < -0.39 is 22.1 Å². The minimum Gasteiger partial charge on any atom is -0.371 e. The second kappa shape index (κ2) is 5.51. The van der Waals surface area contributed by atoms with Crippen molar-refractivity contribution in [3.8, 4) is 0 Å². The van der Waals surface area contributed by atoms with E-state index in [0.717, 1.165) is 10.4 Å². The normalized spacial score (nSPS) is 21.6. The van der Waals surface area contributed by atoms with E-state index >= 15 is 0 Å². The van der Waals surface area contributed by atoms with Gasteiger partial charge in [-0.3, -0.25) is 0 Å². The fraction of sp³-hybridized carbons (Fsp3) is 0.400. The van der Waals surface area contributed by atoms with Gasteiger partial charge >= 0.3 is 0 Å². The quantitative estimate of drug-likeness (QED) is 0.840. The summed E-state index contributed by atoms with van der Waals surface area (Å²) in [6.45, 7) is 0.296. The SMILES string of the molecule is NS(=O)(=O)N1CCO[C@H](c2cc(F)c(Cl)cc2Cl)C1. The number of rotatable bonds is 2. The van der Waals surface area contributed by atoms with Crippen molar-refractivity contribution in [1.82, 2.24) is 4.31 Å². The molecule has 0 saturated carbocycles. The van der Waals surface area contributed by atoms with Gasteiger partial charge < -0.3 is 4.74 Å². The van der Waals surface area contributed by atoms with Crippen molar-refractivity contribution in [2.24, 2.45) is 5.14 Å². The summed E-state index contributed by atoms with van der Waals surface area (Å²) in [7, 11) is -3.81. The molecule has 1 heterocycles. The van der Waals surface area contributed by atoms with Gasteiger partial charge in [-0.1, -0.05) is 23.2 Å². The van der Waals surface area contributed by atoms with Crippen molar-refractivity contribution in [3.05, 3.63) is 33.6 Å². The van der Waals surface area contributed by atoms with Gasteiger partial charge in [0.25, 0.3) is 10.2 Å². The first-order valence-electron chi connectivity index (χ1n) is 5.33. The van der Waals surface area contributed by atoms with E-state index in [1.165, 1.54) is 6.07 Å². The summed E-state index contributed by atoms with van der Waals surface area (Å²) in [5.74, 6) is -0.641. The lowest BCUT2D eigenvalue weighted by atomic mass is 10.1. The van der Waals surface area contributed by atoms with Gasteiger partial charge in [0.15, 0.2) is 0 Å². The predicted octanol–water partition coefficient (Wildman–Crippen LogP) is 1.71. The Morgan fingerprint density at radius 3 is 2.68 bits per heavy atom. The molecule has 0 amide bonds. The van der Waals surface area contributed by atoms with Gasteiger partial charge in [0, 0.05) is 23.7 Å². The molecule has 2 rings (SSSR count). The first kappa shape index (κ1) is 15.0. The molecule has 0 aromatic heterocycles. The predicted molar refractivity (Wildman–Crippen MR) is 69.8 cm³/mol. The number of halogens is 3. The third kappa shape index (κ3) is 3.36. The van der Waals surface area contributed by atoms with Crippen LogP contribution < -0.4 is 5.14 Å². The van der Waals surface area contributed by atoms with Crippen LogP contribution in [0.4, 0.5) is 4.39 Å². The molecule has 0 aliphatic carbocycles. The third-order valence-corrected chi connectivity index (χ3v) is 4.44. The fourth-order valence-electron chi connectivity index (χ4n) is 1.83. The standard InChI is InChI=1S/C10H11Cl2FN2O3S/c11-7-4-8(12)9(13)3-6(7)10-5-15(1-2-18-10)19(14,16)17/h3-4,10H,1-2,5H2,(H2,14,16,17)/t10-/m0/s1. The second-order valence-electron chi connectivity index (χ2n) is 4.05. The highest BCUT2D eigenvalue weighted by molar-refractivity contribution is 7.86. The molecule has 2 N–H and O–H groups in total. The molecule has 0 radical (unpaired) electrons. The number of benzene rings is 1. The molecule has 0 unspecified atom stereocenters. The van der Waals surface area contributed by atoms with Crippen LogP contribution >= 0.6 is 23.2 Å². The highest BCUT2D eigenvalue weighted by atomic mass is 35.5. The van der Waals surface area contributed by atoms with Crippen LogP contribution in [0.5, 0.6) is 0 Å². The first-order valence-corrected chi connectivity index (χ1v) is 7.59.